The normalized spacial score (nSPS) is 22.0. The number of morpholine rings is 1. The van der Waals surface area contributed by atoms with E-state index in [1.807, 2.05) is 0 Å². The Morgan fingerprint density at radius 3 is 2.58 bits per heavy atom. The van der Waals surface area contributed by atoms with Crippen LogP contribution in [0.5, 0.6) is 0 Å². The topological polar surface area (TPSA) is 139 Å². The minimum atomic E-state index is -3.91. The Hall–Kier alpha value is -1.53. The van der Waals surface area contributed by atoms with Crippen molar-refractivity contribution in [3.05, 3.63) is 11.6 Å². The van der Waals surface area contributed by atoms with Crippen molar-refractivity contribution in [2.75, 3.05) is 25.1 Å². The zero-order chi connectivity index (χ0) is 19.3. The van der Waals surface area contributed by atoms with Crippen LogP contribution in [-0.2, 0) is 19.6 Å². The molecule has 4 N–H and O–H groups in total. The molecule has 1 aromatic rings. The van der Waals surface area contributed by atoms with E-state index in [9.17, 15) is 23.1 Å². The highest BCUT2D eigenvalue weighted by Gasteiger charge is 2.48. The summed E-state index contributed by atoms with van der Waals surface area (Å²) < 4.78 is 32.7. The lowest BCUT2D eigenvalue weighted by atomic mass is 10.1. The summed E-state index contributed by atoms with van der Waals surface area (Å²) in [6, 6.07) is 1.17. The van der Waals surface area contributed by atoms with Gasteiger partial charge in [0.1, 0.15) is 14.8 Å². The first-order valence-corrected chi connectivity index (χ1v) is 10.3. The number of thiophene rings is 1. The smallest absolute Gasteiger partial charge is 0.256 e. The van der Waals surface area contributed by atoms with E-state index in [1.54, 1.807) is 13.8 Å². The fraction of sp³-hybridized carbons (Fsp3) is 0.600. The molecule has 9 nitrogen and oxygen atoms in total. The number of carbonyl (C=O) groups excluding carboxylic acids is 2. The molecule has 2 fully saturated rings. The van der Waals surface area contributed by atoms with Gasteiger partial charge in [-0.25, -0.2) is 8.42 Å². The van der Waals surface area contributed by atoms with E-state index >= 15 is 0 Å². The highest BCUT2D eigenvalue weighted by Crippen LogP contribution is 2.39. The van der Waals surface area contributed by atoms with Gasteiger partial charge in [0.2, 0.25) is 0 Å². The van der Waals surface area contributed by atoms with Crippen molar-refractivity contribution in [3.8, 4) is 0 Å². The van der Waals surface area contributed by atoms with Gasteiger partial charge in [-0.1, -0.05) is 0 Å². The summed E-state index contributed by atoms with van der Waals surface area (Å²) in [4.78, 5) is 23.8. The number of aliphatic hydroxyl groups is 1. The zero-order valence-corrected chi connectivity index (χ0v) is 16.1. The molecule has 0 aromatic carbocycles. The maximum Gasteiger partial charge on any atom is 0.256 e. The van der Waals surface area contributed by atoms with Gasteiger partial charge in [-0.15, -0.1) is 11.3 Å². The lowest BCUT2D eigenvalue weighted by Gasteiger charge is -2.40. The van der Waals surface area contributed by atoms with E-state index in [0.717, 1.165) is 11.3 Å². The van der Waals surface area contributed by atoms with Crippen LogP contribution in [0.3, 0.4) is 0 Å². The van der Waals surface area contributed by atoms with Gasteiger partial charge in [-0.05, 0) is 32.8 Å². The Kier molecular flexibility index (Phi) is 4.64. The molecule has 1 aliphatic carbocycles. The molecular weight excluding hydrogens is 382 g/mol. The summed E-state index contributed by atoms with van der Waals surface area (Å²) in [6.45, 7) is 4.19. The average Bonchev–Trinajstić information content (AvgIpc) is 3.13. The summed E-state index contributed by atoms with van der Waals surface area (Å²) in [7, 11) is -3.91. The van der Waals surface area contributed by atoms with Crippen LogP contribution in [-0.4, -0.2) is 60.5 Å². The number of hydrogen-bond acceptors (Lipinski definition) is 7. The van der Waals surface area contributed by atoms with Gasteiger partial charge in [-0.2, -0.15) is 4.31 Å². The van der Waals surface area contributed by atoms with E-state index in [4.69, 9.17) is 10.5 Å². The second kappa shape index (κ2) is 6.27. The molecule has 3 rings (SSSR count). The first-order chi connectivity index (χ1) is 12.0. The highest BCUT2D eigenvalue weighted by molar-refractivity contribution is 7.91. The molecule has 1 saturated heterocycles. The monoisotopic (exact) mass is 403 g/mol. The number of nitrogens with one attached hydrogen (secondary N) is 1. The Morgan fingerprint density at radius 2 is 2.04 bits per heavy atom. The van der Waals surface area contributed by atoms with Gasteiger partial charge >= 0.3 is 0 Å². The van der Waals surface area contributed by atoms with Crippen LogP contribution >= 0.6 is 11.3 Å². The van der Waals surface area contributed by atoms with Crippen molar-refractivity contribution in [1.29, 1.82) is 0 Å². The van der Waals surface area contributed by atoms with Crippen molar-refractivity contribution in [2.45, 2.75) is 42.0 Å². The Labute approximate surface area is 155 Å². The van der Waals surface area contributed by atoms with Crippen molar-refractivity contribution in [1.82, 2.24) is 4.31 Å². The number of primary amides is 1. The molecule has 144 valence electrons. The molecule has 0 spiro atoms. The van der Waals surface area contributed by atoms with Gasteiger partial charge in [0.15, 0.2) is 0 Å². The predicted octanol–water partition coefficient (Wildman–Crippen LogP) is 0.110. The third-order valence-corrected chi connectivity index (χ3v) is 8.07. The van der Waals surface area contributed by atoms with Crippen LogP contribution in [0.4, 0.5) is 5.00 Å². The summed E-state index contributed by atoms with van der Waals surface area (Å²) >= 11 is 0.747. The number of ether oxygens (including phenoxy) is 1. The van der Waals surface area contributed by atoms with Gasteiger partial charge in [0, 0.05) is 6.54 Å². The number of hydrogen-bond donors (Lipinski definition) is 3. The first-order valence-electron chi connectivity index (χ1n) is 8.05. The molecule has 1 aromatic heterocycles. The van der Waals surface area contributed by atoms with Crippen LogP contribution in [0.15, 0.2) is 10.3 Å². The minimum absolute atomic E-state index is 0.0208. The van der Waals surface area contributed by atoms with Crippen LogP contribution in [0.2, 0.25) is 0 Å². The number of anilines is 1. The number of amides is 2. The van der Waals surface area contributed by atoms with Gasteiger partial charge in [0.05, 0.1) is 24.3 Å². The molecule has 2 aliphatic rings. The average molecular weight is 403 g/mol. The largest absolute Gasteiger partial charge is 0.380 e. The Balaban J connectivity index is 1.96. The number of nitrogens with zero attached hydrogens (tertiary/aromatic N) is 1. The third-order valence-electron chi connectivity index (χ3n) is 4.46. The molecule has 0 atom stereocenters. The van der Waals surface area contributed by atoms with Gasteiger partial charge in [0.25, 0.3) is 21.8 Å². The molecule has 2 heterocycles. The summed E-state index contributed by atoms with van der Waals surface area (Å²) in [5, 5.41) is 12.3. The van der Waals surface area contributed by atoms with E-state index in [0.29, 0.717) is 12.8 Å². The molecule has 0 bridgehead atoms. The zero-order valence-electron chi connectivity index (χ0n) is 14.4. The maximum atomic E-state index is 13.1. The maximum absolute atomic E-state index is 13.1. The van der Waals surface area contributed by atoms with E-state index in [1.165, 1.54) is 10.4 Å². The summed E-state index contributed by atoms with van der Waals surface area (Å²) in [5.74, 6) is -1.53. The fourth-order valence-electron chi connectivity index (χ4n) is 2.73. The highest BCUT2D eigenvalue weighted by atomic mass is 32.2. The summed E-state index contributed by atoms with van der Waals surface area (Å²) in [5.41, 5.74) is 3.03. The number of sulfonamides is 1. The first kappa shape index (κ1) is 19.2. The number of carbonyl (C=O) groups is 2. The molecule has 11 heteroatoms. The van der Waals surface area contributed by atoms with Gasteiger partial charge < -0.3 is 20.9 Å². The molecular formula is C15H21N3O6S2. The molecule has 26 heavy (non-hydrogen) atoms. The van der Waals surface area contributed by atoms with E-state index in [2.05, 4.69) is 5.32 Å². The van der Waals surface area contributed by atoms with Crippen LogP contribution in [0, 0.1) is 0 Å². The second-order valence-electron chi connectivity index (χ2n) is 7.10. The summed E-state index contributed by atoms with van der Waals surface area (Å²) in [6.07, 6.45) is 0.645. The van der Waals surface area contributed by atoms with Crippen LogP contribution in [0.1, 0.15) is 37.0 Å². The van der Waals surface area contributed by atoms with Crippen LogP contribution in [0.25, 0.3) is 0 Å². The Morgan fingerprint density at radius 1 is 1.38 bits per heavy atom. The second-order valence-corrected chi connectivity index (χ2v) is 10.2. The van der Waals surface area contributed by atoms with E-state index in [-0.39, 0.29) is 34.5 Å². The standard InChI is InChI=1S/C15H21N3O6S2/c1-14(2)8-24-6-5-18(14)26(22,23)10-7-9(11(16)19)12(25-10)17-13(20)15(21)3-4-15/h7,21H,3-6,8H2,1-2H3,(H2,16,19)(H,17,20). The lowest BCUT2D eigenvalue weighted by molar-refractivity contribution is -0.125. The Bertz CT molecular complexity index is 857. The number of nitrogens with two attached hydrogens (primary N) is 1. The molecule has 0 radical (unpaired) electrons. The molecule has 0 unspecified atom stereocenters. The quantitative estimate of drug-likeness (QED) is 0.638. The van der Waals surface area contributed by atoms with E-state index < -0.39 is 33.0 Å². The minimum Gasteiger partial charge on any atom is -0.380 e. The van der Waals surface area contributed by atoms with Gasteiger partial charge in [-0.3, -0.25) is 9.59 Å². The van der Waals surface area contributed by atoms with Crippen molar-refractivity contribution >= 4 is 38.2 Å². The molecule has 1 saturated carbocycles. The third kappa shape index (κ3) is 3.37. The lowest BCUT2D eigenvalue weighted by Crippen LogP contribution is -2.55. The van der Waals surface area contributed by atoms with Crippen molar-refractivity contribution < 1.29 is 27.9 Å². The molecule has 2 amide bonds. The van der Waals surface area contributed by atoms with Crippen LogP contribution < -0.4 is 11.1 Å². The predicted molar refractivity (Wildman–Crippen MR) is 94.4 cm³/mol. The van der Waals surface area contributed by atoms with Crippen molar-refractivity contribution in [2.24, 2.45) is 5.73 Å². The fourth-order valence-corrected chi connectivity index (χ4v) is 5.97. The SMILES string of the molecule is CC1(C)COCCN1S(=O)(=O)c1cc(C(N)=O)c(NC(=O)C2(O)CC2)s1. The molecule has 1 aliphatic heterocycles. The van der Waals surface area contributed by atoms with Crippen molar-refractivity contribution in [3.63, 3.8) is 0 Å². The number of rotatable bonds is 5.